The van der Waals surface area contributed by atoms with Crippen molar-refractivity contribution in [2.45, 2.75) is 6.92 Å². The lowest BCUT2D eigenvalue weighted by molar-refractivity contribution is 1.30. The Bertz CT molecular complexity index is 359. The Labute approximate surface area is 65.0 Å². The van der Waals surface area contributed by atoms with Crippen molar-refractivity contribution in [3.8, 4) is 0 Å². The first-order chi connectivity index (χ1) is 5.27. The number of rotatable bonds is 1. The smallest absolute Gasteiger partial charge is 0.198 e. The topological polar surface area (TPSA) is 54.7 Å². The van der Waals surface area contributed by atoms with Crippen molar-refractivity contribution in [3.05, 3.63) is 23.4 Å². The summed E-state index contributed by atoms with van der Waals surface area (Å²) in [6, 6.07) is 0. The number of nitrogens with two attached hydrogens (primary N) is 1. The van der Waals surface area contributed by atoms with Gasteiger partial charge in [-0.2, -0.15) is 0 Å². The van der Waals surface area contributed by atoms with Crippen LogP contribution in [0.25, 0.3) is 12.2 Å². The minimum absolute atomic E-state index is 0.436. The first kappa shape index (κ1) is 7.60. The van der Waals surface area contributed by atoms with E-state index in [9.17, 15) is 0 Å². The first-order valence-electron chi connectivity index (χ1n) is 3.38. The minimum atomic E-state index is 0.436. The molecule has 0 atom stereocenters. The number of hydrogen-bond acceptors (Lipinski definition) is 2. The van der Waals surface area contributed by atoms with Crippen LogP contribution in [-0.2, 0) is 0 Å². The molecule has 0 bridgehead atoms. The number of allylic oxidation sites excluding steroid dienone is 1. The normalized spacial score (nSPS) is 13.9. The first-order valence-corrected chi connectivity index (χ1v) is 3.38. The summed E-state index contributed by atoms with van der Waals surface area (Å²) in [4.78, 5) is 6.94. The van der Waals surface area contributed by atoms with Crippen LogP contribution < -0.4 is 16.4 Å². The molecule has 1 aromatic rings. The molecule has 58 valence electrons. The number of nitrogens with one attached hydrogen (secondary N) is 1. The van der Waals surface area contributed by atoms with Crippen molar-refractivity contribution < 1.29 is 0 Å². The molecule has 1 rings (SSSR count). The van der Waals surface area contributed by atoms with Gasteiger partial charge in [-0.15, -0.1) is 0 Å². The molecule has 0 unspecified atom stereocenters. The number of aromatic nitrogens is 2. The fourth-order valence-corrected chi connectivity index (χ4v) is 0.885. The Kier molecular flexibility index (Phi) is 2.11. The van der Waals surface area contributed by atoms with Crippen molar-refractivity contribution in [2.24, 2.45) is 0 Å². The van der Waals surface area contributed by atoms with Crippen LogP contribution in [0.5, 0.6) is 0 Å². The zero-order chi connectivity index (χ0) is 8.27. The van der Waals surface area contributed by atoms with Gasteiger partial charge in [0.15, 0.2) is 5.95 Å². The van der Waals surface area contributed by atoms with Crippen molar-refractivity contribution in [3.63, 3.8) is 0 Å². The van der Waals surface area contributed by atoms with Gasteiger partial charge in [-0.3, -0.25) is 0 Å². The van der Waals surface area contributed by atoms with E-state index in [4.69, 9.17) is 5.73 Å². The second-order valence-corrected chi connectivity index (χ2v) is 2.11. The van der Waals surface area contributed by atoms with Crippen molar-refractivity contribution in [2.75, 3.05) is 5.73 Å². The van der Waals surface area contributed by atoms with E-state index in [1.807, 2.05) is 19.1 Å². The minimum Gasteiger partial charge on any atom is -0.369 e. The summed E-state index contributed by atoms with van der Waals surface area (Å²) in [6.07, 6.45) is 5.42. The van der Waals surface area contributed by atoms with Crippen LogP contribution in [0, 0.1) is 0 Å². The standard InChI is InChI=1S/C8H11N3/c1-3-5-7-6(4-2)10-8(9)11-7/h3-5H,1H2,2H3,(H3,9,10,11)/b6-4+,7-5+. The third-order valence-electron chi connectivity index (χ3n) is 1.34. The summed E-state index contributed by atoms with van der Waals surface area (Å²) in [5, 5.41) is 1.77. The second kappa shape index (κ2) is 3.05. The highest BCUT2D eigenvalue weighted by atomic mass is 15.0. The van der Waals surface area contributed by atoms with Gasteiger partial charge in [-0.1, -0.05) is 18.7 Å². The van der Waals surface area contributed by atoms with Crippen LogP contribution in [0.15, 0.2) is 12.7 Å². The van der Waals surface area contributed by atoms with Crippen molar-refractivity contribution >= 4 is 18.1 Å². The molecule has 1 heterocycles. The van der Waals surface area contributed by atoms with E-state index in [1.54, 1.807) is 6.08 Å². The highest BCUT2D eigenvalue weighted by molar-refractivity contribution is 5.36. The number of nitrogen functional groups attached to an aromatic ring is 1. The number of anilines is 1. The number of H-pyrrole nitrogens is 1. The lowest BCUT2D eigenvalue weighted by Gasteiger charge is -1.73. The molecule has 0 saturated heterocycles. The molecule has 0 aromatic carbocycles. The maximum atomic E-state index is 5.44. The summed E-state index contributed by atoms with van der Waals surface area (Å²) >= 11 is 0. The van der Waals surface area contributed by atoms with Gasteiger partial charge >= 0.3 is 0 Å². The molecule has 3 nitrogen and oxygen atoms in total. The fraction of sp³-hybridized carbons (Fsp3) is 0.125. The van der Waals surface area contributed by atoms with Crippen LogP contribution in [0.3, 0.4) is 0 Å². The summed E-state index contributed by atoms with van der Waals surface area (Å²) in [5.41, 5.74) is 5.44. The Morgan fingerprint density at radius 1 is 1.64 bits per heavy atom. The molecule has 11 heavy (non-hydrogen) atoms. The van der Waals surface area contributed by atoms with Crippen molar-refractivity contribution in [1.29, 1.82) is 0 Å². The summed E-state index contributed by atoms with van der Waals surface area (Å²) in [6.45, 7) is 5.50. The molecule has 1 aromatic heterocycles. The van der Waals surface area contributed by atoms with Gasteiger partial charge in [0, 0.05) is 0 Å². The zero-order valence-electron chi connectivity index (χ0n) is 6.46. The molecule has 0 aliphatic carbocycles. The zero-order valence-corrected chi connectivity index (χ0v) is 6.46. The molecule has 0 aliphatic rings. The number of nitrogens with zero attached hydrogens (tertiary/aromatic N) is 1. The highest BCUT2D eigenvalue weighted by Crippen LogP contribution is 1.75. The lowest BCUT2D eigenvalue weighted by atomic mass is 10.4. The monoisotopic (exact) mass is 149 g/mol. The third kappa shape index (κ3) is 1.49. The van der Waals surface area contributed by atoms with Gasteiger partial charge in [0.05, 0.1) is 10.7 Å². The van der Waals surface area contributed by atoms with Gasteiger partial charge in [0.2, 0.25) is 0 Å². The maximum absolute atomic E-state index is 5.44. The fourth-order valence-electron chi connectivity index (χ4n) is 0.885. The molecule has 0 saturated carbocycles. The maximum Gasteiger partial charge on any atom is 0.198 e. The van der Waals surface area contributed by atoms with Crippen LogP contribution in [0.4, 0.5) is 5.95 Å². The van der Waals surface area contributed by atoms with Crippen LogP contribution in [-0.4, -0.2) is 9.97 Å². The summed E-state index contributed by atoms with van der Waals surface area (Å²) < 4.78 is 0. The van der Waals surface area contributed by atoms with E-state index in [2.05, 4.69) is 16.5 Å². The number of aromatic amines is 1. The van der Waals surface area contributed by atoms with E-state index in [0.29, 0.717) is 5.95 Å². The van der Waals surface area contributed by atoms with Crippen LogP contribution >= 0.6 is 0 Å². The van der Waals surface area contributed by atoms with Crippen LogP contribution in [0.1, 0.15) is 6.92 Å². The van der Waals surface area contributed by atoms with E-state index in [-0.39, 0.29) is 0 Å². The van der Waals surface area contributed by atoms with E-state index < -0.39 is 0 Å². The Hall–Kier alpha value is -1.51. The number of hydrogen-bond donors (Lipinski definition) is 2. The summed E-state index contributed by atoms with van der Waals surface area (Å²) in [7, 11) is 0. The van der Waals surface area contributed by atoms with Gasteiger partial charge in [-0.05, 0) is 13.0 Å². The molecule has 3 heteroatoms. The van der Waals surface area contributed by atoms with Crippen LogP contribution in [0.2, 0.25) is 0 Å². The van der Waals surface area contributed by atoms with Gasteiger partial charge in [-0.25, -0.2) is 4.98 Å². The number of imidazole rings is 1. The van der Waals surface area contributed by atoms with Gasteiger partial charge < -0.3 is 10.7 Å². The van der Waals surface area contributed by atoms with E-state index in [1.165, 1.54) is 0 Å². The lowest BCUT2D eigenvalue weighted by Crippen LogP contribution is -2.23. The molecular weight excluding hydrogens is 138 g/mol. The highest BCUT2D eigenvalue weighted by Gasteiger charge is 1.89. The molecule has 0 fully saturated rings. The van der Waals surface area contributed by atoms with E-state index >= 15 is 0 Å². The average molecular weight is 149 g/mol. The van der Waals surface area contributed by atoms with Gasteiger partial charge in [0.1, 0.15) is 0 Å². The predicted molar refractivity (Wildman–Crippen MR) is 47.1 cm³/mol. The quantitative estimate of drug-likeness (QED) is 0.579. The molecule has 0 spiro atoms. The molecule has 0 radical (unpaired) electrons. The molecule has 3 N–H and O–H groups in total. The summed E-state index contributed by atoms with van der Waals surface area (Å²) in [5.74, 6) is 0.436. The Balaban J connectivity index is 3.47. The largest absolute Gasteiger partial charge is 0.369 e. The molecule has 0 amide bonds. The van der Waals surface area contributed by atoms with Gasteiger partial charge in [0.25, 0.3) is 0 Å². The Morgan fingerprint density at radius 2 is 2.36 bits per heavy atom. The molecular formula is C8H11N3. The third-order valence-corrected chi connectivity index (χ3v) is 1.34. The second-order valence-electron chi connectivity index (χ2n) is 2.11. The average Bonchev–Trinajstić information content (AvgIpc) is 2.32. The predicted octanol–water partition coefficient (Wildman–Crippen LogP) is -0.241. The molecule has 0 aliphatic heterocycles. The van der Waals surface area contributed by atoms with Crippen molar-refractivity contribution in [1.82, 2.24) is 9.97 Å². The van der Waals surface area contributed by atoms with E-state index in [0.717, 1.165) is 10.7 Å². The Morgan fingerprint density at radius 3 is 2.91 bits per heavy atom. The SMILES string of the molecule is C=C/C=c1/[nH]c(N)n/c1=C/C.